The van der Waals surface area contributed by atoms with Gasteiger partial charge in [0, 0.05) is 0 Å². The van der Waals surface area contributed by atoms with Gasteiger partial charge in [-0.3, -0.25) is 10.2 Å². The first-order valence-corrected chi connectivity index (χ1v) is 3.94. The third-order valence-corrected chi connectivity index (χ3v) is 2.14. The maximum atomic E-state index is 11.3. The Kier molecular flexibility index (Phi) is 2.33. The van der Waals surface area contributed by atoms with Crippen molar-refractivity contribution in [3.05, 3.63) is 23.8 Å². The minimum absolute atomic E-state index is 0.133. The van der Waals surface area contributed by atoms with E-state index in [1.54, 1.807) is 0 Å². The van der Waals surface area contributed by atoms with Crippen LogP contribution >= 0.6 is 0 Å². The van der Waals surface area contributed by atoms with Crippen LogP contribution in [0.2, 0.25) is 0 Å². The summed E-state index contributed by atoms with van der Waals surface area (Å²) in [7, 11) is 0. The van der Waals surface area contributed by atoms with Crippen molar-refractivity contribution in [2.24, 2.45) is 11.3 Å². The zero-order chi connectivity index (χ0) is 9.19. The molecule has 1 aliphatic carbocycles. The molecule has 0 spiro atoms. The lowest BCUT2D eigenvalue weighted by atomic mass is 9.80. The molecule has 0 fully saturated rings. The first-order chi connectivity index (χ1) is 5.58. The summed E-state index contributed by atoms with van der Waals surface area (Å²) in [5, 5.41) is 0. The molecular weight excluding hydrogens is 152 g/mol. The molecule has 1 rings (SSSR count). The second kappa shape index (κ2) is 3.11. The van der Waals surface area contributed by atoms with E-state index in [-0.39, 0.29) is 5.91 Å². The fraction of sp³-hybridized carbons (Fsp3) is 0.444. The number of nitrogens with one attached hydrogen (secondary N) is 1. The van der Waals surface area contributed by atoms with Crippen LogP contribution in [0, 0.1) is 5.41 Å². The van der Waals surface area contributed by atoms with Crippen LogP contribution in [0.15, 0.2) is 23.8 Å². The second-order valence-electron chi connectivity index (χ2n) is 3.44. The van der Waals surface area contributed by atoms with Crippen LogP contribution in [0.1, 0.15) is 20.3 Å². The molecular formula is C9H14N2O. The van der Waals surface area contributed by atoms with Gasteiger partial charge in [0.2, 0.25) is 5.91 Å². The summed E-state index contributed by atoms with van der Waals surface area (Å²) >= 11 is 0. The van der Waals surface area contributed by atoms with Crippen LogP contribution < -0.4 is 11.3 Å². The molecule has 1 unspecified atom stereocenters. The van der Waals surface area contributed by atoms with Gasteiger partial charge < -0.3 is 0 Å². The van der Waals surface area contributed by atoms with Crippen molar-refractivity contribution in [3.8, 4) is 0 Å². The van der Waals surface area contributed by atoms with E-state index in [1.807, 2.05) is 32.1 Å². The molecule has 3 nitrogen and oxygen atoms in total. The van der Waals surface area contributed by atoms with E-state index in [9.17, 15) is 4.79 Å². The van der Waals surface area contributed by atoms with Gasteiger partial charge in [-0.1, -0.05) is 23.8 Å². The summed E-state index contributed by atoms with van der Waals surface area (Å²) in [5.41, 5.74) is 2.91. The van der Waals surface area contributed by atoms with E-state index in [2.05, 4.69) is 5.43 Å². The monoisotopic (exact) mass is 166 g/mol. The summed E-state index contributed by atoms with van der Waals surface area (Å²) in [6, 6.07) is 0. The molecule has 66 valence electrons. The fourth-order valence-corrected chi connectivity index (χ4v) is 1.44. The van der Waals surface area contributed by atoms with Gasteiger partial charge in [-0.2, -0.15) is 0 Å². The number of hydrazine groups is 1. The summed E-state index contributed by atoms with van der Waals surface area (Å²) in [6.07, 6.45) is 6.52. The highest BCUT2D eigenvalue weighted by atomic mass is 16.2. The molecule has 0 aliphatic heterocycles. The Balaban J connectivity index is 2.82. The number of hydrogen-bond acceptors (Lipinski definition) is 2. The zero-order valence-corrected chi connectivity index (χ0v) is 7.42. The lowest BCUT2D eigenvalue weighted by molar-refractivity contribution is -0.127. The largest absolute Gasteiger partial charge is 0.294 e. The summed E-state index contributed by atoms with van der Waals surface area (Å²) in [5.74, 6) is 4.95. The van der Waals surface area contributed by atoms with Crippen molar-refractivity contribution in [3.63, 3.8) is 0 Å². The van der Waals surface area contributed by atoms with E-state index in [0.717, 1.165) is 6.42 Å². The Morgan fingerprint density at radius 2 is 2.42 bits per heavy atom. The molecule has 0 saturated heterocycles. The van der Waals surface area contributed by atoms with Gasteiger partial charge in [-0.05, 0) is 20.3 Å². The van der Waals surface area contributed by atoms with E-state index in [0.29, 0.717) is 0 Å². The predicted molar refractivity (Wildman–Crippen MR) is 48.0 cm³/mol. The van der Waals surface area contributed by atoms with Gasteiger partial charge >= 0.3 is 0 Å². The quantitative estimate of drug-likeness (QED) is 0.345. The molecule has 0 radical (unpaired) electrons. The average Bonchev–Trinajstić information content (AvgIpc) is 2.02. The average molecular weight is 166 g/mol. The van der Waals surface area contributed by atoms with Crippen LogP contribution in [-0.4, -0.2) is 5.91 Å². The number of carbonyl (C=O) groups is 1. The number of carbonyl (C=O) groups excluding carboxylic acids is 1. The third kappa shape index (κ3) is 1.56. The lowest BCUT2D eigenvalue weighted by Crippen LogP contribution is -2.42. The smallest absolute Gasteiger partial charge is 0.243 e. The van der Waals surface area contributed by atoms with Gasteiger partial charge in [0.25, 0.3) is 0 Å². The molecule has 1 aliphatic rings. The molecule has 0 aromatic carbocycles. The van der Waals surface area contributed by atoms with Crippen LogP contribution in [0.3, 0.4) is 0 Å². The van der Waals surface area contributed by atoms with Gasteiger partial charge in [-0.25, -0.2) is 5.84 Å². The van der Waals surface area contributed by atoms with Crippen LogP contribution in [0.25, 0.3) is 0 Å². The molecule has 1 atom stereocenters. The van der Waals surface area contributed by atoms with Crippen molar-refractivity contribution in [2.45, 2.75) is 20.3 Å². The number of rotatable bonds is 1. The topological polar surface area (TPSA) is 55.1 Å². The van der Waals surface area contributed by atoms with Crippen LogP contribution in [-0.2, 0) is 4.79 Å². The second-order valence-corrected chi connectivity index (χ2v) is 3.44. The first-order valence-electron chi connectivity index (χ1n) is 3.94. The molecule has 0 aromatic heterocycles. The maximum absolute atomic E-state index is 11.3. The summed E-state index contributed by atoms with van der Waals surface area (Å²) < 4.78 is 0. The van der Waals surface area contributed by atoms with E-state index >= 15 is 0 Å². The van der Waals surface area contributed by atoms with E-state index in [1.165, 1.54) is 5.57 Å². The van der Waals surface area contributed by atoms with Crippen molar-refractivity contribution in [1.29, 1.82) is 0 Å². The Morgan fingerprint density at radius 3 is 2.92 bits per heavy atom. The Morgan fingerprint density at radius 1 is 1.75 bits per heavy atom. The molecule has 12 heavy (non-hydrogen) atoms. The predicted octanol–water partition coefficient (Wildman–Crippen LogP) is 0.889. The van der Waals surface area contributed by atoms with Crippen LogP contribution in [0.5, 0.6) is 0 Å². The maximum Gasteiger partial charge on any atom is 0.243 e. The SMILES string of the molecule is CC1=CC=CC(C)(C(=O)NN)C1. The number of hydrogen-bond donors (Lipinski definition) is 2. The van der Waals surface area contributed by atoms with Crippen molar-refractivity contribution < 1.29 is 4.79 Å². The van der Waals surface area contributed by atoms with Gasteiger partial charge in [0.15, 0.2) is 0 Å². The molecule has 3 heteroatoms. The third-order valence-electron chi connectivity index (χ3n) is 2.14. The molecule has 0 saturated carbocycles. The molecule has 0 bridgehead atoms. The van der Waals surface area contributed by atoms with Crippen molar-refractivity contribution in [2.75, 3.05) is 0 Å². The number of allylic oxidation sites excluding steroid dienone is 3. The Bertz CT molecular complexity index is 255. The number of nitrogens with two attached hydrogens (primary N) is 1. The van der Waals surface area contributed by atoms with Crippen molar-refractivity contribution in [1.82, 2.24) is 5.43 Å². The lowest BCUT2D eigenvalue weighted by Gasteiger charge is -2.26. The molecule has 3 N–H and O–H groups in total. The highest BCUT2D eigenvalue weighted by Crippen LogP contribution is 2.30. The van der Waals surface area contributed by atoms with Gasteiger partial charge in [0.1, 0.15) is 0 Å². The fourth-order valence-electron chi connectivity index (χ4n) is 1.44. The van der Waals surface area contributed by atoms with Crippen molar-refractivity contribution >= 4 is 5.91 Å². The van der Waals surface area contributed by atoms with E-state index < -0.39 is 5.41 Å². The minimum Gasteiger partial charge on any atom is -0.294 e. The molecule has 1 amide bonds. The van der Waals surface area contributed by atoms with Gasteiger partial charge in [-0.15, -0.1) is 0 Å². The molecule has 0 aromatic rings. The zero-order valence-electron chi connectivity index (χ0n) is 7.42. The highest BCUT2D eigenvalue weighted by Gasteiger charge is 2.31. The Hall–Kier alpha value is -1.09. The van der Waals surface area contributed by atoms with Crippen LogP contribution in [0.4, 0.5) is 0 Å². The standard InChI is InChI=1S/C9H14N2O/c1-7-4-3-5-9(2,6-7)8(12)11-10/h3-5H,6,10H2,1-2H3,(H,11,12). The Labute approximate surface area is 72.3 Å². The summed E-state index contributed by atoms with van der Waals surface area (Å²) in [4.78, 5) is 11.3. The molecule has 0 heterocycles. The minimum atomic E-state index is -0.465. The van der Waals surface area contributed by atoms with Gasteiger partial charge in [0.05, 0.1) is 5.41 Å². The highest BCUT2D eigenvalue weighted by molar-refractivity contribution is 5.84. The first kappa shape index (κ1) is 9.00. The summed E-state index contributed by atoms with van der Waals surface area (Å²) in [6.45, 7) is 3.88. The van der Waals surface area contributed by atoms with E-state index in [4.69, 9.17) is 5.84 Å². The normalized spacial score (nSPS) is 28.1. The number of amides is 1.